The quantitative estimate of drug-likeness (QED) is 0.664. The van der Waals surface area contributed by atoms with Crippen LogP contribution < -0.4 is 5.32 Å². The summed E-state index contributed by atoms with van der Waals surface area (Å²) in [4.78, 5) is 0. The first kappa shape index (κ1) is 8.87. The van der Waals surface area contributed by atoms with E-state index in [-0.39, 0.29) is 12.0 Å². The summed E-state index contributed by atoms with van der Waals surface area (Å²) in [5.74, 6) is 0.192. The number of hydrogen-bond donors (Lipinski definition) is 1. The van der Waals surface area contributed by atoms with Gasteiger partial charge < -0.3 is 10.1 Å². The Hall–Kier alpha value is -0.220. The van der Waals surface area contributed by atoms with E-state index in [1.165, 1.54) is 0 Å². The molecule has 0 saturated carbocycles. The van der Waals surface area contributed by atoms with Crippen LogP contribution in [0.5, 0.6) is 0 Å². The minimum absolute atomic E-state index is 0.192. The van der Waals surface area contributed by atoms with Crippen LogP contribution >= 0.6 is 0 Å². The van der Waals surface area contributed by atoms with Crippen LogP contribution in [0, 0.1) is 5.92 Å². The van der Waals surface area contributed by atoms with Gasteiger partial charge in [-0.15, -0.1) is 0 Å². The van der Waals surface area contributed by atoms with E-state index in [4.69, 9.17) is 0 Å². The van der Waals surface area contributed by atoms with Gasteiger partial charge in [0.05, 0.1) is 6.10 Å². The zero-order valence-electron chi connectivity index (χ0n) is 6.52. The summed E-state index contributed by atoms with van der Waals surface area (Å²) in [6.07, 6.45) is 0.419. The maximum absolute atomic E-state index is 11.8. The molecule has 0 aromatic carbocycles. The molecule has 2 atom stereocenters. The van der Waals surface area contributed by atoms with Crippen molar-refractivity contribution in [2.45, 2.75) is 26.1 Å². The lowest BCUT2D eigenvalue weighted by Gasteiger charge is -2.28. The maximum Gasteiger partial charge on any atom is 0.345 e. The molecule has 1 heterocycles. The lowest BCUT2D eigenvalue weighted by molar-refractivity contribution is -0.179. The third-order valence-corrected chi connectivity index (χ3v) is 1.98. The second kappa shape index (κ2) is 3.97. The standard InChI is InChI=1S/C7H13F2NO/c1-5-4-10-3-2-6(5)11-7(8)9/h5-7,10H,2-4H2,1H3. The zero-order valence-corrected chi connectivity index (χ0v) is 6.52. The molecule has 0 amide bonds. The molecule has 0 aromatic heterocycles. The molecule has 1 saturated heterocycles. The van der Waals surface area contributed by atoms with E-state index in [1.807, 2.05) is 6.92 Å². The molecule has 0 radical (unpaired) electrons. The molecule has 11 heavy (non-hydrogen) atoms. The molecule has 1 aliphatic rings. The molecule has 1 aliphatic heterocycles. The highest BCUT2D eigenvalue weighted by atomic mass is 19.3. The predicted molar refractivity (Wildman–Crippen MR) is 37.5 cm³/mol. The largest absolute Gasteiger partial charge is 0.345 e. The van der Waals surface area contributed by atoms with Gasteiger partial charge in [-0.3, -0.25) is 0 Å². The summed E-state index contributed by atoms with van der Waals surface area (Å²) in [6, 6.07) is 0. The van der Waals surface area contributed by atoms with Gasteiger partial charge in [0, 0.05) is 6.54 Å². The minimum atomic E-state index is -2.62. The summed E-state index contributed by atoms with van der Waals surface area (Å²) < 4.78 is 27.9. The van der Waals surface area contributed by atoms with Gasteiger partial charge in [-0.25, -0.2) is 0 Å². The molecular formula is C7H13F2NO. The molecule has 1 fully saturated rings. The maximum atomic E-state index is 11.8. The second-order valence-electron chi connectivity index (χ2n) is 2.91. The number of ether oxygens (including phenoxy) is 1. The van der Waals surface area contributed by atoms with Crippen molar-refractivity contribution >= 4 is 0 Å². The Balaban J connectivity index is 2.29. The van der Waals surface area contributed by atoms with Crippen LogP contribution in [0.15, 0.2) is 0 Å². The summed E-state index contributed by atoms with van der Waals surface area (Å²) >= 11 is 0. The Morgan fingerprint density at radius 1 is 1.55 bits per heavy atom. The van der Waals surface area contributed by atoms with Crippen molar-refractivity contribution in [3.8, 4) is 0 Å². The number of alkyl halides is 2. The second-order valence-corrected chi connectivity index (χ2v) is 2.91. The first-order valence-electron chi connectivity index (χ1n) is 3.84. The molecule has 66 valence electrons. The number of rotatable bonds is 2. The Morgan fingerprint density at radius 2 is 2.27 bits per heavy atom. The Bertz CT molecular complexity index is 121. The zero-order chi connectivity index (χ0) is 8.27. The number of hydrogen-bond acceptors (Lipinski definition) is 2. The lowest BCUT2D eigenvalue weighted by Crippen LogP contribution is -2.40. The van der Waals surface area contributed by atoms with Gasteiger partial charge in [0.15, 0.2) is 0 Å². The van der Waals surface area contributed by atoms with Crippen molar-refractivity contribution in [2.75, 3.05) is 13.1 Å². The monoisotopic (exact) mass is 165 g/mol. The van der Waals surface area contributed by atoms with E-state index in [2.05, 4.69) is 10.1 Å². The molecule has 2 unspecified atom stereocenters. The van der Waals surface area contributed by atoms with Crippen LogP contribution in [0.2, 0.25) is 0 Å². The Labute approximate surface area is 64.9 Å². The predicted octanol–water partition coefficient (Wildman–Crippen LogP) is 1.22. The van der Waals surface area contributed by atoms with Gasteiger partial charge in [0.2, 0.25) is 0 Å². The van der Waals surface area contributed by atoms with E-state index in [0.717, 1.165) is 13.1 Å². The normalized spacial score (nSPS) is 32.7. The third kappa shape index (κ3) is 2.71. The molecule has 1 rings (SSSR count). The third-order valence-electron chi connectivity index (χ3n) is 1.98. The van der Waals surface area contributed by atoms with Gasteiger partial charge in [-0.2, -0.15) is 8.78 Å². The topological polar surface area (TPSA) is 21.3 Å². The molecular weight excluding hydrogens is 152 g/mol. The van der Waals surface area contributed by atoms with Crippen molar-refractivity contribution in [3.63, 3.8) is 0 Å². The lowest BCUT2D eigenvalue weighted by atomic mass is 9.98. The van der Waals surface area contributed by atoms with Gasteiger partial charge in [-0.05, 0) is 18.9 Å². The van der Waals surface area contributed by atoms with E-state index >= 15 is 0 Å². The smallest absolute Gasteiger partial charge is 0.319 e. The highest BCUT2D eigenvalue weighted by Crippen LogP contribution is 2.16. The first-order chi connectivity index (χ1) is 5.20. The molecule has 0 spiro atoms. The fourth-order valence-electron chi connectivity index (χ4n) is 1.32. The minimum Gasteiger partial charge on any atom is -0.319 e. The Morgan fingerprint density at radius 3 is 2.82 bits per heavy atom. The van der Waals surface area contributed by atoms with E-state index < -0.39 is 6.61 Å². The molecule has 1 N–H and O–H groups in total. The summed E-state index contributed by atoms with van der Waals surface area (Å²) in [5.41, 5.74) is 0. The van der Waals surface area contributed by atoms with Gasteiger partial charge in [0.1, 0.15) is 0 Å². The fraction of sp³-hybridized carbons (Fsp3) is 1.00. The van der Waals surface area contributed by atoms with Crippen molar-refractivity contribution in [1.82, 2.24) is 5.32 Å². The van der Waals surface area contributed by atoms with E-state index in [9.17, 15) is 8.78 Å². The fourth-order valence-corrected chi connectivity index (χ4v) is 1.32. The van der Waals surface area contributed by atoms with Crippen LogP contribution in [0.3, 0.4) is 0 Å². The van der Waals surface area contributed by atoms with Crippen LogP contribution in [0.1, 0.15) is 13.3 Å². The van der Waals surface area contributed by atoms with Crippen molar-refractivity contribution < 1.29 is 13.5 Å². The van der Waals surface area contributed by atoms with Crippen LogP contribution in [-0.2, 0) is 4.74 Å². The van der Waals surface area contributed by atoms with Crippen LogP contribution in [0.4, 0.5) is 8.78 Å². The van der Waals surface area contributed by atoms with Crippen molar-refractivity contribution in [1.29, 1.82) is 0 Å². The van der Waals surface area contributed by atoms with Crippen molar-refractivity contribution in [2.24, 2.45) is 5.92 Å². The molecule has 4 heteroatoms. The number of nitrogens with one attached hydrogen (secondary N) is 1. The average Bonchev–Trinajstić information content (AvgIpc) is 1.93. The summed E-state index contributed by atoms with van der Waals surface area (Å²) in [6.45, 7) is 0.846. The molecule has 0 aromatic rings. The van der Waals surface area contributed by atoms with Crippen LogP contribution in [-0.4, -0.2) is 25.8 Å². The highest BCUT2D eigenvalue weighted by Gasteiger charge is 2.24. The van der Waals surface area contributed by atoms with E-state index in [0.29, 0.717) is 6.42 Å². The van der Waals surface area contributed by atoms with E-state index in [1.54, 1.807) is 0 Å². The first-order valence-corrected chi connectivity index (χ1v) is 3.84. The van der Waals surface area contributed by atoms with Crippen molar-refractivity contribution in [3.05, 3.63) is 0 Å². The summed E-state index contributed by atoms with van der Waals surface area (Å²) in [5, 5.41) is 3.11. The van der Waals surface area contributed by atoms with Crippen LogP contribution in [0.25, 0.3) is 0 Å². The number of piperidine rings is 1. The molecule has 0 bridgehead atoms. The van der Waals surface area contributed by atoms with Gasteiger partial charge in [-0.1, -0.05) is 6.92 Å². The summed E-state index contributed by atoms with van der Waals surface area (Å²) in [7, 11) is 0. The van der Waals surface area contributed by atoms with Gasteiger partial charge in [0.25, 0.3) is 0 Å². The molecule has 2 nitrogen and oxygen atoms in total. The number of halogens is 2. The SMILES string of the molecule is CC1CNCCC1OC(F)F. The average molecular weight is 165 g/mol. The molecule has 0 aliphatic carbocycles. The van der Waals surface area contributed by atoms with Gasteiger partial charge >= 0.3 is 6.61 Å². The highest BCUT2D eigenvalue weighted by molar-refractivity contribution is 4.74. The Kier molecular flexibility index (Phi) is 3.20.